The molecule has 0 saturated heterocycles. The van der Waals surface area contributed by atoms with Gasteiger partial charge < -0.3 is 14.0 Å². The molecule has 0 saturated carbocycles. The molecule has 0 radical (unpaired) electrons. The van der Waals surface area contributed by atoms with Gasteiger partial charge in [0.05, 0.1) is 13.2 Å². The molecule has 35 heavy (non-hydrogen) atoms. The molecule has 0 bridgehead atoms. The Bertz CT molecular complexity index is 1390. The molecule has 0 atom stereocenters. The van der Waals surface area contributed by atoms with Crippen molar-refractivity contribution in [2.45, 2.75) is 19.8 Å². The van der Waals surface area contributed by atoms with Crippen molar-refractivity contribution in [2.24, 2.45) is 12.2 Å². The van der Waals surface area contributed by atoms with E-state index in [2.05, 4.69) is 15.3 Å². The molecule has 3 aromatic heterocycles. The minimum absolute atomic E-state index is 0.138. The van der Waals surface area contributed by atoms with Gasteiger partial charge in [-0.05, 0) is 37.3 Å². The van der Waals surface area contributed by atoms with Crippen molar-refractivity contribution in [3.05, 3.63) is 75.3 Å². The van der Waals surface area contributed by atoms with Crippen molar-refractivity contribution in [3.63, 3.8) is 0 Å². The van der Waals surface area contributed by atoms with E-state index in [1.165, 1.54) is 4.90 Å². The van der Waals surface area contributed by atoms with Gasteiger partial charge in [-0.2, -0.15) is 10.0 Å². The largest absolute Gasteiger partial charge is 0.493 e. The lowest BCUT2D eigenvalue weighted by Crippen LogP contribution is -2.23. The number of ether oxygens (including phenoxy) is 1. The number of fused-ring (bicyclic) bond motifs is 1. The fourth-order valence-electron chi connectivity index (χ4n) is 3.99. The molecular weight excluding hydrogens is 468 g/mol. The van der Waals surface area contributed by atoms with Crippen molar-refractivity contribution < 1.29 is 9.53 Å². The molecule has 0 unspecified atom stereocenters. The first-order valence-electron chi connectivity index (χ1n) is 11.2. The average molecular weight is 495 g/mol. The maximum absolute atomic E-state index is 12.6. The number of carbonyl (C=O) groups excluding carboxylic acids is 1. The van der Waals surface area contributed by atoms with Gasteiger partial charge in [-0.3, -0.25) is 9.48 Å². The van der Waals surface area contributed by atoms with E-state index >= 15 is 0 Å². The summed E-state index contributed by atoms with van der Waals surface area (Å²) in [6, 6.07) is 9.41. The zero-order valence-corrected chi connectivity index (χ0v) is 20.9. The highest BCUT2D eigenvalue weighted by molar-refractivity contribution is 6.30. The number of rotatable bonds is 9. The maximum atomic E-state index is 12.6. The fourth-order valence-corrected chi connectivity index (χ4v) is 4.15. The number of imidazole rings is 1. The topological polar surface area (TPSA) is 94.1 Å². The highest BCUT2D eigenvalue weighted by Crippen LogP contribution is 2.33. The average Bonchev–Trinajstić information content (AvgIpc) is 3.37. The lowest BCUT2D eigenvalue weighted by molar-refractivity contribution is 0.0820. The number of amides is 1. The number of carbonyl (C=O) groups is 1. The highest BCUT2D eigenvalue weighted by Gasteiger charge is 2.21. The number of benzene rings is 1. The molecule has 0 aliphatic carbocycles. The van der Waals surface area contributed by atoms with Crippen molar-refractivity contribution in [1.82, 2.24) is 24.1 Å². The van der Waals surface area contributed by atoms with E-state index in [0.29, 0.717) is 35.9 Å². The van der Waals surface area contributed by atoms with Crippen LogP contribution in [-0.4, -0.2) is 57.2 Å². The molecule has 0 fully saturated rings. The van der Waals surface area contributed by atoms with Crippen molar-refractivity contribution in [1.29, 1.82) is 0 Å². The van der Waals surface area contributed by atoms with Crippen molar-refractivity contribution in [2.75, 3.05) is 27.2 Å². The van der Waals surface area contributed by atoms with Crippen molar-refractivity contribution in [3.8, 4) is 16.9 Å². The van der Waals surface area contributed by atoms with Crippen LogP contribution in [0.25, 0.3) is 16.8 Å². The minimum Gasteiger partial charge on any atom is -0.493 e. The lowest BCUT2D eigenvalue weighted by Gasteiger charge is -2.14. The smallest absolute Gasteiger partial charge is 0.274 e. The first-order valence-corrected chi connectivity index (χ1v) is 11.6. The predicted octanol–water partition coefficient (Wildman–Crippen LogP) is 4.33. The third-order valence-electron chi connectivity index (χ3n) is 5.97. The molecule has 0 aliphatic heterocycles. The van der Waals surface area contributed by atoms with Gasteiger partial charge in [0.2, 0.25) is 0 Å². The number of hydrogen-bond donors (Lipinski definition) is 0. The Labute approximate surface area is 208 Å². The standard InChI is InChI=1S/C25H27ClN6O3/c1-16-20(24(29-31(16)4)25(33)30(2)3)10-12-35-22-13-18(26)6-7-21(22)17-5-8-23-27-14-19(9-11-28-34)32(23)15-17/h5-8,13-15H,9-12H2,1-4H3. The molecule has 3 heterocycles. The van der Waals surface area contributed by atoms with Gasteiger partial charge in [0.25, 0.3) is 5.91 Å². The first-order chi connectivity index (χ1) is 16.8. The van der Waals surface area contributed by atoms with Crippen LogP contribution in [0.4, 0.5) is 0 Å². The Balaban J connectivity index is 1.60. The Morgan fingerprint density at radius 3 is 2.74 bits per heavy atom. The number of pyridine rings is 1. The molecule has 0 spiro atoms. The van der Waals surface area contributed by atoms with Gasteiger partial charge in [0.15, 0.2) is 5.69 Å². The van der Waals surface area contributed by atoms with Gasteiger partial charge >= 0.3 is 0 Å². The molecule has 9 nitrogen and oxygen atoms in total. The maximum Gasteiger partial charge on any atom is 0.274 e. The summed E-state index contributed by atoms with van der Waals surface area (Å²) in [5.41, 5.74) is 5.71. The molecule has 1 aromatic carbocycles. The summed E-state index contributed by atoms with van der Waals surface area (Å²) < 4.78 is 9.87. The summed E-state index contributed by atoms with van der Waals surface area (Å²) in [5, 5.41) is 7.92. The summed E-state index contributed by atoms with van der Waals surface area (Å²) in [6.07, 6.45) is 4.75. The zero-order valence-electron chi connectivity index (χ0n) is 20.2. The number of halogens is 1. The first kappa shape index (κ1) is 24.4. The van der Waals surface area contributed by atoms with Crippen LogP contribution in [0.1, 0.15) is 27.4 Å². The molecule has 10 heteroatoms. The van der Waals surface area contributed by atoms with E-state index < -0.39 is 0 Å². The van der Waals surface area contributed by atoms with Gasteiger partial charge in [-0.15, -0.1) is 0 Å². The van der Waals surface area contributed by atoms with Gasteiger partial charge in [-0.1, -0.05) is 16.8 Å². The summed E-state index contributed by atoms with van der Waals surface area (Å²) in [5.74, 6) is 0.497. The van der Waals surface area contributed by atoms with Crippen LogP contribution in [0.3, 0.4) is 0 Å². The normalized spacial score (nSPS) is 11.1. The number of aromatic nitrogens is 4. The lowest BCUT2D eigenvalue weighted by atomic mass is 10.1. The quantitative estimate of drug-likeness (QED) is 0.323. The van der Waals surface area contributed by atoms with Crippen LogP contribution in [0.5, 0.6) is 5.75 Å². The summed E-state index contributed by atoms with van der Waals surface area (Å²) in [6.45, 7) is 2.48. The van der Waals surface area contributed by atoms with E-state index in [1.807, 2.05) is 48.8 Å². The second kappa shape index (κ2) is 10.3. The SMILES string of the molecule is Cc1c(CCOc2cc(Cl)ccc2-c2ccc3ncc(CCN=O)n3c2)c(C(=O)N(C)C)nn1C. The van der Waals surface area contributed by atoms with Crippen LogP contribution >= 0.6 is 11.6 Å². The summed E-state index contributed by atoms with van der Waals surface area (Å²) in [7, 11) is 5.25. The molecule has 182 valence electrons. The van der Waals surface area contributed by atoms with Gasteiger partial charge in [0.1, 0.15) is 11.4 Å². The van der Waals surface area contributed by atoms with Gasteiger partial charge in [-0.25, -0.2) is 4.98 Å². The minimum atomic E-state index is -0.138. The molecule has 4 rings (SSSR count). The summed E-state index contributed by atoms with van der Waals surface area (Å²) >= 11 is 6.29. The highest BCUT2D eigenvalue weighted by atomic mass is 35.5. The fraction of sp³-hybridized carbons (Fsp3) is 0.320. The van der Waals surface area contributed by atoms with Crippen LogP contribution in [-0.2, 0) is 19.9 Å². The Hall–Kier alpha value is -3.72. The van der Waals surface area contributed by atoms with Crippen molar-refractivity contribution >= 4 is 23.2 Å². The zero-order chi connectivity index (χ0) is 25.1. The molecule has 1 amide bonds. The molecular formula is C25H27ClN6O3. The van der Waals surface area contributed by atoms with E-state index in [1.54, 1.807) is 31.0 Å². The second-order valence-electron chi connectivity index (χ2n) is 8.47. The Morgan fingerprint density at radius 2 is 2.00 bits per heavy atom. The second-order valence-corrected chi connectivity index (χ2v) is 8.91. The number of hydrogen-bond acceptors (Lipinski definition) is 6. The van der Waals surface area contributed by atoms with E-state index in [-0.39, 0.29) is 12.5 Å². The monoisotopic (exact) mass is 494 g/mol. The third kappa shape index (κ3) is 5.05. The van der Waals surface area contributed by atoms with Crippen LogP contribution in [0.2, 0.25) is 5.02 Å². The van der Waals surface area contributed by atoms with Crippen LogP contribution in [0, 0.1) is 11.8 Å². The van der Waals surface area contributed by atoms with Crippen LogP contribution in [0.15, 0.2) is 47.9 Å². The van der Waals surface area contributed by atoms with E-state index in [0.717, 1.165) is 33.7 Å². The predicted molar refractivity (Wildman–Crippen MR) is 135 cm³/mol. The van der Waals surface area contributed by atoms with Gasteiger partial charge in [0, 0.05) is 79.5 Å². The molecule has 4 aromatic rings. The Kier molecular flexibility index (Phi) is 7.16. The van der Waals surface area contributed by atoms with E-state index in [9.17, 15) is 9.70 Å². The number of nitroso groups, excluding NO2 is 1. The molecule has 0 N–H and O–H groups in total. The molecule has 0 aliphatic rings. The van der Waals surface area contributed by atoms with Crippen LogP contribution < -0.4 is 4.74 Å². The van der Waals surface area contributed by atoms with E-state index in [4.69, 9.17) is 16.3 Å². The number of aryl methyl sites for hydroxylation is 1. The Morgan fingerprint density at radius 1 is 1.20 bits per heavy atom. The summed E-state index contributed by atoms with van der Waals surface area (Å²) in [4.78, 5) is 29.1. The number of nitrogens with zero attached hydrogens (tertiary/aromatic N) is 6. The third-order valence-corrected chi connectivity index (χ3v) is 6.21.